The molecule has 0 saturated carbocycles. The van der Waals surface area contributed by atoms with E-state index in [-0.39, 0.29) is 0 Å². The summed E-state index contributed by atoms with van der Waals surface area (Å²) in [5.74, 6) is 0. The number of benzene rings is 22. The molecule has 2 aliphatic rings. The minimum atomic E-state index is -0.565. The first-order valence-corrected chi connectivity index (χ1v) is 45.2. The lowest BCUT2D eigenvalue weighted by Gasteiger charge is -2.34. The molecule has 0 saturated heterocycles. The molecule has 0 amide bonds. The third-order valence-electron chi connectivity index (χ3n) is 28.7. The molecule has 4 heterocycles. The molecule has 604 valence electrons. The van der Waals surface area contributed by atoms with Crippen LogP contribution in [-0.2, 0) is 10.8 Å². The molecule has 130 heavy (non-hydrogen) atoms. The number of nitrogens with zero attached hydrogens (tertiary/aromatic N) is 4. The van der Waals surface area contributed by atoms with E-state index >= 15 is 0 Å². The first-order valence-electron chi connectivity index (χ1n) is 45.2. The number of hydrogen-bond acceptors (Lipinski definition) is 0. The zero-order chi connectivity index (χ0) is 85.3. The van der Waals surface area contributed by atoms with Crippen molar-refractivity contribution in [2.45, 2.75) is 10.8 Å². The number of aromatic nitrogens is 4. The van der Waals surface area contributed by atoms with Crippen molar-refractivity contribution in [2.24, 2.45) is 0 Å². The van der Waals surface area contributed by atoms with E-state index in [1.165, 1.54) is 231 Å². The minimum Gasteiger partial charge on any atom is -0.309 e. The van der Waals surface area contributed by atoms with E-state index in [9.17, 15) is 0 Å². The van der Waals surface area contributed by atoms with Crippen LogP contribution < -0.4 is 0 Å². The molecule has 28 rings (SSSR count). The summed E-state index contributed by atoms with van der Waals surface area (Å²) in [6, 6.07) is 181. The maximum absolute atomic E-state index is 2.56. The Balaban J connectivity index is 0.000000134. The van der Waals surface area contributed by atoms with Crippen LogP contribution in [0.1, 0.15) is 44.5 Å². The predicted octanol–water partition coefficient (Wildman–Crippen LogP) is 32.4. The molecule has 0 aliphatic heterocycles. The highest BCUT2D eigenvalue weighted by molar-refractivity contribution is 6.20. The Morgan fingerprint density at radius 1 is 0.154 bits per heavy atom. The molecule has 0 unspecified atom stereocenters. The zero-order valence-electron chi connectivity index (χ0n) is 71.0. The van der Waals surface area contributed by atoms with Crippen LogP contribution in [0.15, 0.2) is 485 Å². The summed E-state index contributed by atoms with van der Waals surface area (Å²) in [7, 11) is 0. The summed E-state index contributed by atoms with van der Waals surface area (Å²) in [6.45, 7) is 0. The van der Waals surface area contributed by atoms with Gasteiger partial charge in [-0.15, -0.1) is 0 Å². The summed E-state index contributed by atoms with van der Waals surface area (Å²) in [6.07, 6.45) is 0. The van der Waals surface area contributed by atoms with Crippen LogP contribution in [0.4, 0.5) is 0 Å². The highest BCUT2D eigenvalue weighted by Gasteiger charge is 2.50. The quantitative estimate of drug-likeness (QED) is 0.130. The Morgan fingerprint density at radius 3 is 0.877 bits per heavy atom. The van der Waals surface area contributed by atoms with Gasteiger partial charge < -0.3 is 18.3 Å². The summed E-state index contributed by atoms with van der Waals surface area (Å²) in [4.78, 5) is 0. The van der Waals surface area contributed by atoms with E-state index in [2.05, 4.69) is 504 Å². The average Bonchev–Trinajstić information content (AvgIpc) is 1.51. The van der Waals surface area contributed by atoms with Gasteiger partial charge in [-0.3, -0.25) is 0 Å². The van der Waals surface area contributed by atoms with Crippen molar-refractivity contribution in [3.05, 3.63) is 530 Å². The van der Waals surface area contributed by atoms with Gasteiger partial charge >= 0.3 is 0 Å². The van der Waals surface area contributed by atoms with E-state index in [4.69, 9.17) is 0 Å². The monoisotopic (exact) mass is 1650 g/mol. The second-order valence-corrected chi connectivity index (χ2v) is 35.3. The van der Waals surface area contributed by atoms with Gasteiger partial charge in [-0.05, 0) is 230 Å². The predicted molar refractivity (Wildman–Crippen MR) is 546 cm³/mol. The van der Waals surface area contributed by atoms with Gasteiger partial charge in [0.05, 0.1) is 55.0 Å². The fourth-order valence-electron chi connectivity index (χ4n) is 23.1. The maximum atomic E-state index is 2.56. The molecule has 0 fully saturated rings. The van der Waals surface area contributed by atoms with Gasteiger partial charge in [0, 0.05) is 77.0 Å². The fourth-order valence-corrected chi connectivity index (χ4v) is 23.1. The van der Waals surface area contributed by atoms with Crippen molar-refractivity contribution in [1.82, 2.24) is 18.3 Å². The van der Waals surface area contributed by atoms with E-state index in [0.29, 0.717) is 0 Å². The van der Waals surface area contributed by atoms with Crippen LogP contribution >= 0.6 is 0 Å². The smallest absolute Gasteiger partial charge is 0.0734 e. The van der Waals surface area contributed by atoms with E-state index in [1.54, 1.807) is 0 Å². The lowest BCUT2D eigenvalue weighted by molar-refractivity contribution is 0.769. The van der Waals surface area contributed by atoms with Gasteiger partial charge in [-0.25, -0.2) is 0 Å². The van der Waals surface area contributed by atoms with Crippen LogP contribution in [0, 0.1) is 0 Å². The summed E-state index contributed by atoms with van der Waals surface area (Å²) < 4.78 is 9.95. The van der Waals surface area contributed by atoms with Crippen LogP contribution in [0.2, 0.25) is 0 Å². The SMILES string of the molecule is c1ccc(C2(c3ccccc3)c3ccccc3-c3c2ccc2c4cc(-c5ccc6c(c5)c5ccccc5n6-c5ccc6ccccc6c5)ccc4n(-c4ccc5ccccc5c4)c32)cc1.c1ccc(C2(c3ccccc3)c3ccccc3-c3ccc4c5cc(-c6ccc7c(c6)c6ccccc6n7-c6ccc7ccccc7c6)ccc5n(-c5ccc6ccccc6c5)c4c32)cc1. The van der Waals surface area contributed by atoms with Gasteiger partial charge in [0.25, 0.3) is 0 Å². The Kier molecular flexibility index (Phi) is 16.3. The normalized spacial score (nSPS) is 13.0. The molecule has 0 atom stereocenters. The first-order chi connectivity index (χ1) is 64.5. The number of para-hydroxylation sites is 2. The van der Waals surface area contributed by atoms with Crippen molar-refractivity contribution in [2.75, 3.05) is 0 Å². The highest BCUT2D eigenvalue weighted by Crippen LogP contribution is 2.62. The fraction of sp³-hybridized carbons (Fsp3) is 0.0159. The molecule has 0 N–H and O–H groups in total. The van der Waals surface area contributed by atoms with Gasteiger partial charge in [-0.1, -0.05) is 376 Å². The lowest BCUT2D eigenvalue weighted by Crippen LogP contribution is -2.29. The molecular formula is C126H80N4. The number of rotatable bonds is 10. The Labute approximate surface area is 751 Å². The Hall–Kier alpha value is -16.9. The van der Waals surface area contributed by atoms with Crippen molar-refractivity contribution < 1.29 is 0 Å². The van der Waals surface area contributed by atoms with Crippen molar-refractivity contribution >= 4 is 130 Å². The molecule has 4 nitrogen and oxygen atoms in total. The molecule has 4 aromatic heterocycles. The van der Waals surface area contributed by atoms with Gasteiger partial charge in [0.2, 0.25) is 0 Å². The molecule has 2 aliphatic carbocycles. The molecule has 0 radical (unpaired) electrons. The maximum Gasteiger partial charge on any atom is 0.0734 e. The third kappa shape index (κ3) is 10.8. The van der Waals surface area contributed by atoms with Gasteiger partial charge in [-0.2, -0.15) is 0 Å². The van der Waals surface area contributed by atoms with Crippen molar-refractivity contribution in [3.8, 4) is 67.3 Å². The molecule has 22 aromatic carbocycles. The molecule has 4 heteroatoms. The van der Waals surface area contributed by atoms with Crippen LogP contribution in [-0.4, -0.2) is 18.3 Å². The third-order valence-corrected chi connectivity index (χ3v) is 28.7. The largest absolute Gasteiger partial charge is 0.309 e. The summed E-state index contributed by atoms with van der Waals surface area (Å²) >= 11 is 0. The number of hydrogen-bond donors (Lipinski definition) is 0. The Morgan fingerprint density at radius 2 is 0.454 bits per heavy atom. The van der Waals surface area contributed by atoms with Crippen LogP contribution in [0.5, 0.6) is 0 Å². The Bertz CT molecular complexity index is 9100. The lowest BCUT2D eigenvalue weighted by atomic mass is 9.67. The topological polar surface area (TPSA) is 19.7 Å². The summed E-state index contributed by atoms with van der Waals surface area (Å²) in [5, 5.41) is 19.8. The average molecular weight is 1650 g/mol. The first kappa shape index (κ1) is 73.4. The second-order valence-electron chi connectivity index (χ2n) is 35.3. The van der Waals surface area contributed by atoms with Gasteiger partial charge in [0.15, 0.2) is 0 Å². The van der Waals surface area contributed by atoms with Crippen LogP contribution in [0.25, 0.3) is 198 Å². The van der Waals surface area contributed by atoms with Crippen molar-refractivity contribution in [3.63, 3.8) is 0 Å². The molecule has 26 aromatic rings. The van der Waals surface area contributed by atoms with E-state index in [1.807, 2.05) is 0 Å². The van der Waals surface area contributed by atoms with Gasteiger partial charge in [0.1, 0.15) is 0 Å². The molecule has 0 spiro atoms. The zero-order valence-corrected chi connectivity index (χ0v) is 71.0. The van der Waals surface area contributed by atoms with E-state index < -0.39 is 10.8 Å². The second kappa shape index (κ2) is 28.8. The minimum absolute atomic E-state index is 0.500. The van der Waals surface area contributed by atoms with Crippen LogP contribution in [0.3, 0.4) is 0 Å². The standard InChI is InChI=1S/2C63H40N2/c1-3-19-47(20-4-1)63(48-21-5-2-6-22-48)56-25-13-11-24-53(56)61-57(63)34-33-52-55-40-46(30-36-60(55)65(62(52)61)50-32-28-42-16-8-10-18-44(42)38-50)45-29-35-59-54(39-45)51-23-12-14-26-58(51)64(59)49-31-27-41-15-7-9-17-43(41)37-49;1-3-19-47(20-4-1)63(48-21-5-2-6-22-48)57-25-13-11-23-51(57)53-33-34-54-56-40-46(30-36-60(56)65(62(54)61(53)63)50-32-28-42-16-8-10-18-44(42)38-50)45-29-35-59-55(39-45)52-24-12-14-26-58(52)64(59)49-31-27-41-15-7-9-17-43(41)37-49/h2*1-40H. The number of fused-ring (bicyclic) bond motifs is 24. The highest BCUT2D eigenvalue weighted by atomic mass is 15.0. The van der Waals surface area contributed by atoms with Crippen molar-refractivity contribution in [1.29, 1.82) is 0 Å². The molecular weight excluding hydrogens is 1570 g/mol. The van der Waals surface area contributed by atoms with E-state index in [0.717, 1.165) is 11.4 Å². The summed E-state index contributed by atoms with van der Waals surface area (Å²) in [5.41, 5.74) is 33.5. The molecule has 0 bridgehead atoms.